The molecule has 0 aromatic heterocycles. The summed E-state index contributed by atoms with van der Waals surface area (Å²) < 4.78 is 6.39. The van der Waals surface area contributed by atoms with Gasteiger partial charge in [0.25, 0.3) is 0 Å². The fourth-order valence-electron chi connectivity index (χ4n) is 1.38. The highest BCUT2D eigenvalue weighted by Gasteiger charge is 2.12. The second kappa shape index (κ2) is 5.73. The van der Waals surface area contributed by atoms with Crippen molar-refractivity contribution in [2.45, 2.75) is 12.8 Å². The van der Waals surface area contributed by atoms with Gasteiger partial charge in [-0.3, -0.25) is 0 Å². The Hall–Kier alpha value is 0.140. The first-order valence-corrected chi connectivity index (χ1v) is 5.20. The molecule has 0 atom stereocenters. The molecule has 1 rings (SSSR count). The fraction of sp³-hybridized carbons (Fsp3) is 0.778. The van der Waals surface area contributed by atoms with Crippen LogP contribution in [-0.2, 0) is 4.74 Å². The molecule has 70 valence electrons. The standard InChI is InChI=1S/C9H16BrNO/c1-8(10)6-12-7-9-2-4-11-5-3-9/h9,11H,1-7H2. The number of nitrogens with one attached hydrogen (secondary N) is 1. The molecule has 2 nitrogen and oxygen atoms in total. The predicted molar refractivity (Wildman–Crippen MR) is 54.5 cm³/mol. The molecule has 0 unspecified atom stereocenters. The van der Waals surface area contributed by atoms with E-state index in [-0.39, 0.29) is 0 Å². The minimum atomic E-state index is 0.643. The Kier molecular flexibility index (Phi) is 4.88. The summed E-state index contributed by atoms with van der Waals surface area (Å²) in [6.45, 7) is 7.53. The van der Waals surface area contributed by atoms with E-state index >= 15 is 0 Å². The highest BCUT2D eigenvalue weighted by atomic mass is 79.9. The second-order valence-electron chi connectivity index (χ2n) is 3.23. The molecular weight excluding hydrogens is 218 g/mol. The van der Waals surface area contributed by atoms with Crippen LogP contribution in [0, 0.1) is 5.92 Å². The van der Waals surface area contributed by atoms with Gasteiger partial charge in [-0.25, -0.2) is 0 Å². The van der Waals surface area contributed by atoms with Crippen LogP contribution in [-0.4, -0.2) is 26.3 Å². The second-order valence-corrected chi connectivity index (χ2v) is 4.35. The van der Waals surface area contributed by atoms with Crippen LogP contribution in [0.4, 0.5) is 0 Å². The molecule has 0 bridgehead atoms. The van der Waals surface area contributed by atoms with Crippen molar-refractivity contribution in [3.63, 3.8) is 0 Å². The van der Waals surface area contributed by atoms with Gasteiger partial charge in [0.05, 0.1) is 6.61 Å². The normalized spacial score (nSPS) is 19.4. The van der Waals surface area contributed by atoms with Crippen LogP contribution in [0.5, 0.6) is 0 Å². The van der Waals surface area contributed by atoms with Crippen molar-refractivity contribution < 1.29 is 4.74 Å². The molecule has 0 aromatic carbocycles. The van der Waals surface area contributed by atoms with E-state index in [1.54, 1.807) is 0 Å². The number of halogens is 1. The Labute approximate surface area is 82.5 Å². The first-order valence-electron chi connectivity index (χ1n) is 4.41. The van der Waals surface area contributed by atoms with Crippen molar-refractivity contribution in [3.05, 3.63) is 11.1 Å². The summed E-state index contributed by atoms with van der Waals surface area (Å²) in [6, 6.07) is 0. The quantitative estimate of drug-likeness (QED) is 0.802. The molecule has 1 N–H and O–H groups in total. The van der Waals surface area contributed by atoms with Gasteiger partial charge in [0.2, 0.25) is 0 Å². The van der Waals surface area contributed by atoms with Crippen molar-refractivity contribution in [1.82, 2.24) is 5.32 Å². The van der Waals surface area contributed by atoms with Gasteiger partial charge in [-0.2, -0.15) is 0 Å². The molecule has 12 heavy (non-hydrogen) atoms. The van der Waals surface area contributed by atoms with Crippen molar-refractivity contribution in [3.8, 4) is 0 Å². The SMILES string of the molecule is C=C(Br)COCC1CCNCC1. The maximum Gasteiger partial charge on any atom is 0.0775 e. The third-order valence-electron chi connectivity index (χ3n) is 2.07. The first kappa shape index (κ1) is 10.2. The Morgan fingerprint density at radius 3 is 2.75 bits per heavy atom. The monoisotopic (exact) mass is 233 g/mol. The van der Waals surface area contributed by atoms with E-state index in [9.17, 15) is 0 Å². The number of rotatable bonds is 4. The molecule has 1 aliphatic rings. The summed E-state index contributed by atoms with van der Waals surface area (Å²) in [7, 11) is 0. The zero-order chi connectivity index (χ0) is 8.81. The molecule has 1 aliphatic heterocycles. The molecule has 1 saturated heterocycles. The zero-order valence-corrected chi connectivity index (χ0v) is 8.90. The maximum absolute atomic E-state index is 5.46. The Bertz CT molecular complexity index is 143. The van der Waals surface area contributed by atoms with Gasteiger partial charge in [0.15, 0.2) is 0 Å². The molecule has 0 aliphatic carbocycles. The largest absolute Gasteiger partial charge is 0.376 e. The smallest absolute Gasteiger partial charge is 0.0775 e. The fourth-order valence-corrected chi connectivity index (χ4v) is 1.55. The molecule has 3 heteroatoms. The van der Waals surface area contributed by atoms with Crippen LogP contribution in [0.25, 0.3) is 0 Å². The topological polar surface area (TPSA) is 21.3 Å². The van der Waals surface area contributed by atoms with Gasteiger partial charge in [-0.05, 0) is 31.8 Å². The van der Waals surface area contributed by atoms with Gasteiger partial charge in [-0.15, -0.1) is 0 Å². The van der Waals surface area contributed by atoms with Crippen LogP contribution in [0.15, 0.2) is 11.1 Å². The average Bonchev–Trinajstić information content (AvgIpc) is 2.05. The Morgan fingerprint density at radius 1 is 1.50 bits per heavy atom. The van der Waals surface area contributed by atoms with Crippen LogP contribution in [0.3, 0.4) is 0 Å². The minimum absolute atomic E-state index is 0.643. The summed E-state index contributed by atoms with van der Waals surface area (Å²) in [5, 5.41) is 3.33. The third-order valence-corrected chi connectivity index (χ3v) is 2.30. The first-order chi connectivity index (χ1) is 5.79. The van der Waals surface area contributed by atoms with E-state index < -0.39 is 0 Å². The maximum atomic E-state index is 5.46. The summed E-state index contributed by atoms with van der Waals surface area (Å²) in [5.74, 6) is 0.748. The van der Waals surface area contributed by atoms with E-state index in [0.29, 0.717) is 6.61 Å². The molecule has 0 aromatic rings. The average molecular weight is 234 g/mol. The predicted octanol–water partition coefficient (Wildman–Crippen LogP) is 1.91. The van der Waals surface area contributed by atoms with Crippen LogP contribution in [0.1, 0.15) is 12.8 Å². The van der Waals surface area contributed by atoms with Gasteiger partial charge in [0, 0.05) is 11.1 Å². The zero-order valence-electron chi connectivity index (χ0n) is 7.31. The van der Waals surface area contributed by atoms with Crippen LogP contribution in [0.2, 0.25) is 0 Å². The van der Waals surface area contributed by atoms with Gasteiger partial charge >= 0.3 is 0 Å². The van der Waals surface area contributed by atoms with Gasteiger partial charge in [0.1, 0.15) is 0 Å². The molecular formula is C9H16BrNO. The molecule has 0 radical (unpaired) electrons. The van der Waals surface area contributed by atoms with E-state index in [4.69, 9.17) is 4.74 Å². The van der Waals surface area contributed by atoms with Gasteiger partial charge in [-0.1, -0.05) is 22.5 Å². The lowest BCUT2D eigenvalue weighted by atomic mass is 9.99. The van der Waals surface area contributed by atoms with Crippen molar-refractivity contribution in [1.29, 1.82) is 0 Å². The Balaban J connectivity index is 2.01. The molecule has 0 amide bonds. The molecule has 1 heterocycles. The number of piperidine rings is 1. The summed E-state index contributed by atoms with van der Waals surface area (Å²) >= 11 is 3.27. The minimum Gasteiger partial charge on any atom is -0.376 e. The lowest BCUT2D eigenvalue weighted by Gasteiger charge is -2.22. The van der Waals surface area contributed by atoms with E-state index in [1.807, 2.05) is 0 Å². The summed E-state index contributed by atoms with van der Waals surface area (Å²) in [4.78, 5) is 0. The summed E-state index contributed by atoms with van der Waals surface area (Å²) in [6.07, 6.45) is 2.49. The Morgan fingerprint density at radius 2 is 2.17 bits per heavy atom. The third kappa shape index (κ3) is 4.24. The molecule has 1 fully saturated rings. The van der Waals surface area contributed by atoms with Gasteiger partial charge < -0.3 is 10.1 Å². The van der Waals surface area contributed by atoms with Crippen molar-refractivity contribution >= 4 is 15.9 Å². The number of ether oxygens (including phenoxy) is 1. The molecule has 0 saturated carbocycles. The van der Waals surface area contributed by atoms with Crippen LogP contribution < -0.4 is 5.32 Å². The van der Waals surface area contributed by atoms with E-state index in [2.05, 4.69) is 27.8 Å². The van der Waals surface area contributed by atoms with Crippen LogP contribution >= 0.6 is 15.9 Å². The highest BCUT2D eigenvalue weighted by Crippen LogP contribution is 2.12. The lowest BCUT2D eigenvalue weighted by Crippen LogP contribution is -2.30. The van der Waals surface area contributed by atoms with Crippen molar-refractivity contribution in [2.75, 3.05) is 26.3 Å². The molecule has 0 spiro atoms. The summed E-state index contributed by atoms with van der Waals surface area (Å²) in [5.41, 5.74) is 0. The lowest BCUT2D eigenvalue weighted by molar-refractivity contribution is 0.108. The highest BCUT2D eigenvalue weighted by molar-refractivity contribution is 9.11. The number of hydrogen-bond acceptors (Lipinski definition) is 2. The van der Waals surface area contributed by atoms with E-state index in [1.165, 1.54) is 12.8 Å². The van der Waals surface area contributed by atoms with Crippen molar-refractivity contribution in [2.24, 2.45) is 5.92 Å². The van der Waals surface area contributed by atoms with E-state index in [0.717, 1.165) is 30.1 Å². The number of hydrogen-bond donors (Lipinski definition) is 1.